The summed E-state index contributed by atoms with van der Waals surface area (Å²) in [5.41, 5.74) is 3.40. The van der Waals surface area contributed by atoms with Crippen LogP contribution in [0.5, 0.6) is 11.5 Å². The highest BCUT2D eigenvalue weighted by Gasteiger charge is 2.10. The van der Waals surface area contributed by atoms with E-state index in [4.69, 9.17) is 9.47 Å². The summed E-state index contributed by atoms with van der Waals surface area (Å²) in [6.45, 7) is 2.45. The molecule has 0 radical (unpaired) electrons. The second-order valence-electron chi connectivity index (χ2n) is 7.69. The normalized spacial score (nSPS) is 12.0. The van der Waals surface area contributed by atoms with Gasteiger partial charge in [0.1, 0.15) is 18.1 Å². The first kappa shape index (κ1) is 25.5. The molecular weight excluding hydrogens is 533 g/mol. The highest BCUT2D eigenvalue weighted by Crippen LogP contribution is 2.22. The van der Waals surface area contributed by atoms with Crippen molar-refractivity contribution in [1.29, 1.82) is 0 Å². The third-order valence-electron chi connectivity index (χ3n) is 5.16. The van der Waals surface area contributed by atoms with E-state index in [1.807, 2.05) is 30.3 Å². The lowest BCUT2D eigenvalue weighted by Gasteiger charge is -2.14. The van der Waals surface area contributed by atoms with Gasteiger partial charge < -0.3 is 30.1 Å². The van der Waals surface area contributed by atoms with Crippen LogP contribution in [0.4, 0.5) is 0 Å². The molecule has 33 heavy (non-hydrogen) atoms. The second-order valence-corrected chi connectivity index (χ2v) is 8.94. The van der Waals surface area contributed by atoms with Crippen molar-refractivity contribution in [2.45, 2.75) is 25.7 Å². The number of aliphatic hydroxyl groups is 2. The van der Waals surface area contributed by atoms with Gasteiger partial charge in [-0.15, -0.1) is 0 Å². The molecule has 7 heteroatoms. The van der Waals surface area contributed by atoms with E-state index in [0.717, 1.165) is 17.7 Å². The van der Waals surface area contributed by atoms with E-state index >= 15 is 0 Å². The van der Waals surface area contributed by atoms with Gasteiger partial charge in [-0.25, -0.2) is 0 Å². The number of hydrogen-bond acceptors (Lipinski definition) is 6. The molecule has 3 aromatic rings. The SMILES string of the molecule is OCc1cc(C(O)CNCCc2ccc(OCCOCc3cccc(I)c3)cc2)ccc1O. The summed E-state index contributed by atoms with van der Waals surface area (Å²) in [6.07, 6.45) is 0.114. The van der Waals surface area contributed by atoms with Gasteiger partial charge in [0.25, 0.3) is 0 Å². The summed E-state index contributed by atoms with van der Waals surface area (Å²) in [5.74, 6) is 0.843. The molecule has 0 aromatic heterocycles. The van der Waals surface area contributed by atoms with Gasteiger partial charge in [0, 0.05) is 15.7 Å². The number of hydrogen-bond donors (Lipinski definition) is 4. The van der Waals surface area contributed by atoms with Crippen LogP contribution in [0.15, 0.2) is 66.7 Å². The number of nitrogens with one attached hydrogen (secondary N) is 1. The van der Waals surface area contributed by atoms with Crippen LogP contribution in [0, 0.1) is 3.57 Å². The molecule has 0 spiro atoms. The molecule has 0 aliphatic carbocycles. The fourth-order valence-corrected chi connectivity index (χ4v) is 3.92. The van der Waals surface area contributed by atoms with Crippen LogP contribution in [-0.2, 0) is 24.4 Å². The fourth-order valence-electron chi connectivity index (χ4n) is 3.32. The maximum Gasteiger partial charge on any atom is 0.121 e. The summed E-state index contributed by atoms with van der Waals surface area (Å²) < 4.78 is 12.6. The van der Waals surface area contributed by atoms with E-state index < -0.39 is 6.10 Å². The Morgan fingerprint density at radius 3 is 2.52 bits per heavy atom. The van der Waals surface area contributed by atoms with Gasteiger partial charge >= 0.3 is 0 Å². The molecular formula is C26H30INO5. The Morgan fingerprint density at radius 2 is 1.76 bits per heavy atom. The topological polar surface area (TPSA) is 91.2 Å². The molecule has 3 rings (SSSR count). The summed E-state index contributed by atoms with van der Waals surface area (Å²) in [6, 6.07) is 21.0. The van der Waals surface area contributed by atoms with Gasteiger partial charge in [0.15, 0.2) is 0 Å². The Balaban J connectivity index is 1.31. The van der Waals surface area contributed by atoms with Crippen LogP contribution in [0.1, 0.15) is 28.4 Å². The first-order valence-corrected chi connectivity index (χ1v) is 12.0. The first-order chi connectivity index (χ1) is 16.0. The molecule has 4 N–H and O–H groups in total. The number of benzene rings is 3. The van der Waals surface area contributed by atoms with Crippen molar-refractivity contribution in [2.24, 2.45) is 0 Å². The molecule has 6 nitrogen and oxygen atoms in total. The van der Waals surface area contributed by atoms with Gasteiger partial charge in [-0.1, -0.05) is 30.3 Å². The molecule has 3 aromatic carbocycles. The van der Waals surface area contributed by atoms with Crippen LogP contribution < -0.4 is 10.1 Å². The van der Waals surface area contributed by atoms with E-state index in [1.165, 1.54) is 15.2 Å². The van der Waals surface area contributed by atoms with Crippen LogP contribution in [-0.4, -0.2) is 41.6 Å². The van der Waals surface area contributed by atoms with Crippen molar-refractivity contribution in [3.63, 3.8) is 0 Å². The number of ether oxygens (including phenoxy) is 2. The summed E-state index contributed by atoms with van der Waals surface area (Å²) in [5, 5.41) is 32.4. The van der Waals surface area contributed by atoms with Crippen LogP contribution in [0.3, 0.4) is 0 Å². The van der Waals surface area contributed by atoms with Crippen molar-refractivity contribution in [2.75, 3.05) is 26.3 Å². The molecule has 176 valence electrons. The zero-order valence-corrected chi connectivity index (χ0v) is 20.6. The molecule has 0 heterocycles. The van der Waals surface area contributed by atoms with Crippen LogP contribution in [0.2, 0.25) is 0 Å². The number of aromatic hydroxyl groups is 1. The summed E-state index contributed by atoms with van der Waals surface area (Å²) >= 11 is 2.29. The maximum absolute atomic E-state index is 10.3. The van der Waals surface area contributed by atoms with Crippen molar-refractivity contribution in [3.8, 4) is 11.5 Å². The van der Waals surface area contributed by atoms with Crippen LogP contribution in [0.25, 0.3) is 0 Å². The van der Waals surface area contributed by atoms with E-state index in [-0.39, 0.29) is 12.4 Å². The summed E-state index contributed by atoms with van der Waals surface area (Å²) in [7, 11) is 0. The van der Waals surface area contributed by atoms with Gasteiger partial charge in [0.05, 0.1) is 25.9 Å². The van der Waals surface area contributed by atoms with Crippen molar-refractivity contribution in [1.82, 2.24) is 5.32 Å². The molecule has 0 saturated carbocycles. The predicted molar refractivity (Wildman–Crippen MR) is 136 cm³/mol. The van der Waals surface area contributed by atoms with E-state index in [9.17, 15) is 15.3 Å². The number of phenols is 1. The molecule has 1 atom stereocenters. The Morgan fingerprint density at radius 1 is 0.939 bits per heavy atom. The van der Waals surface area contributed by atoms with Crippen LogP contribution >= 0.6 is 22.6 Å². The molecule has 0 bridgehead atoms. The quantitative estimate of drug-likeness (QED) is 0.186. The highest BCUT2D eigenvalue weighted by molar-refractivity contribution is 14.1. The monoisotopic (exact) mass is 563 g/mol. The third kappa shape index (κ3) is 8.60. The minimum atomic E-state index is -0.709. The van der Waals surface area contributed by atoms with E-state index in [2.05, 4.69) is 46.1 Å². The van der Waals surface area contributed by atoms with Gasteiger partial charge in [-0.3, -0.25) is 0 Å². The fraction of sp³-hybridized carbons (Fsp3) is 0.308. The second kappa shape index (κ2) is 13.5. The maximum atomic E-state index is 10.3. The van der Waals surface area contributed by atoms with Gasteiger partial charge in [0.2, 0.25) is 0 Å². The molecule has 0 aliphatic heterocycles. The molecule has 0 aliphatic rings. The Hall–Kier alpha value is -2.17. The molecule has 0 saturated heterocycles. The molecule has 0 amide bonds. The average molecular weight is 563 g/mol. The van der Waals surface area contributed by atoms with Gasteiger partial charge in [-0.05, 0) is 88.6 Å². The van der Waals surface area contributed by atoms with Gasteiger partial charge in [-0.2, -0.15) is 0 Å². The number of halogens is 1. The van der Waals surface area contributed by atoms with E-state index in [1.54, 1.807) is 12.1 Å². The van der Waals surface area contributed by atoms with E-state index in [0.29, 0.717) is 44.0 Å². The standard InChI is InChI=1S/C26H30INO5/c27-23-3-1-2-20(14-23)18-32-12-13-33-24-7-4-19(5-8-24)10-11-28-16-26(31)21-6-9-25(30)22(15-21)17-29/h1-9,14-15,26,28-31H,10-13,16-18H2. The zero-order chi connectivity index (χ0) is 23.5. The lowest BCUT2D eigenvalue weighted by Crippen LogP contribution is -2.23. The lowest BCUT2D eigenvalue weighted by molar-refractivity contribution is 0.0889. The van der Waals surface area contributed by atoms with Crippen molar-refractivity contribution in [3.05, 3.63) is 92.6 Å². The lowest BCUT2D eigenvalue weighted by atomic mass is 10.1. The number of aliphatic hydroxyl groups excluding tert-OH is 2. The minimum absolute atomic E-state index is 0.0309. The third-order valence-corrected chi connectivity index (χ3v) is 5.84. The van der Waals surface area contributed by atoms with Crippen molar-refractivity contribution >= 4 is 22.6 Å². The zero-order valence-electron chi connectivity index (χ0n) is 18.4. The molecule has 1 unspecified atom stereocenters. The Bertz CT molecular complexity index is 996. The summed E-state index contributed by atoms with van der Waals surface area (Å²) in [4.78, 5) is 0. The Labute approximate surface area is 208 Å². The first-order valence-electron chi connectivity index (χ1n) is 10.9. The number of rotatable bonds is 13. The Kier molecular flexibility index (Phi) is 10.4. The highest BCUT2D eigenvalue weighted by atomic mass is 127. The average Bonchev–Trinajstić information content (AvgIpc) is 2.82. The van der Waals surface area contributed by atoms with Crippen molar-refractivity contribution < 1.29 is 24.8 Å². The minimum Gasteiger partial charge on any atom is -0.508 e. The smallest absolute Gasteiger partial charge is 0.121 e. The largest absolute Gasteiger partial charge is 0.508 e. The predicted octanol–water partition coefficient (Wildman–Crippen LogP) is 3.95. The molecule has 0 fully saturated rings.